The average molecular weight is 426 g/mol. The molecule has 1 heterocycles. The normalized spacial score (nSPS) is 13.0. The summed E-state index contributed by atoms with van der Waals surface area (Å²) in [6, 6.07) is 9.41. The van der Waals surface area contributed by atoms with Crippen LogP contribution in [0.2, 0.25) is 5.02 Å². The van der Waals surface area contributed by atoms with Crippen LogP contribution in [-0.2, 0) is 29.0 Å². The maximum atomic E-state index is 12.1. The predicted molar refractivity (Wildman–Crippen MR) is 111 cm³/mol. The monoisotopic (exact) mass is 425 g/mol. The maximum absolute atomic E-state index is 12.1. The van der Waals surface area contributed by atoms with Gasteiger partial charge in [0.05, 0.1) is 4.92 Å². The minimum absolute atomic E-state index is 0.0148. The zero-order chi connectivity index (χ0) is 21.3. The lowest BCUT2D eigenvalue weighted by Gasteiger charge is -2.08. The molecule has 1 aliphatic rings. The fraction of sp³-hybridized carbons (Fsp3) is 0.182. The van der Waals surface area contributed by atoms with Crippen molar-refractivity contribution < 1.29 is 18.9 Å². The van der Waals surface area contributed by atoms with Crippen LogP contribution < -0.4 is 5.63 Å². The second kappa shape index (κ2) is 8.12. The van der Waals surface area contributed by atoms with Gasteiger partial charge < -0.3 is 9.15 Å². The standard InChI is InChI=1S/C22H16ClNO6/c23-18-6-4-13(8-19(18)24(27)28)5-7-21(25)29-12-16-11-22(26)30-20-10-15-3-1-2-14(15)9-17(16)20/h4-11H,1-3,12H2/b7-5+. The first kappa shape index (κ1) is 19.8. The number of aryl methyl sites for hydroxylation is 2. The molecule has 1 aliphatic carbocycles. The van der Waals surface area contributed by atoms with E-state index in [0.717, 1.165) is 30.7 Å². The van der Waals surface area contributed by atoms with E-state index in [1.807, 2.05) is 12.1 Å². The number of nitrogens with zero attached hydrogens (tertiary/aromatic N) is 1. The third kappa shape index (κ3) is 4.11. The lowest BCUT2D eigenvalue weighted by Crippen LogP contribution is -2.06. The highest BCUT2D eigenvalue weighted by Crippen LogP contribution is 2.29. The number of esters is 1. The number of nitro groups is 1. The van der Waals surface area contributed by atoms with Crippen LogP contribution in [0.25, 0.3) is 17.0 Å². The summed E-state index contributed by atoms with van der Waals surface area (Å²) in [5, 5.41) is 11.7. The van der Waals surface area contributed by atoms with Crippen molar-refractivity contribution in [2.45, 2.75) is 25.9 Å². The van der Waals surface area contributed by atoms with E-state index in [2.05, 4.69) is 0 Å². The van der Waals surface area contributed by atoms with E-state index >= 15 is 0 Å². The molecular weight excluding hydrogens is 410 g/mol. The molecule has 7 nitrogen and oxygen atoms in total. The van der Waals surface area contributed by atoms with Crippen LogP contribution in [0.1, 0.15) is 28.7 Å². The number of carbonyl (C=O) groups is 1. The van der Waals surface area contributed by atoms with Gasteiger partial charge in [-0.1, -0.05) is 17.7 Å². The van der Waals surface area contributed by atoms with Gasteiger partial charge in [0.25, 0.3) is 5.69 Å². The fourth-order valence-electron chi connectivity index (χ4n) is 3.55. The van der Waals surface area contributed by atoms with Gasteiger partial charge in [0.2, 0.25) is 0 Å². The predicted octanol–water partition coefficient (Wildman–Crippen LogP) is 4.60. The molecule has 0 N–H and O–H groups in total. The Morgan fingerprint density at radius 3 is 2.73 bits per heavy atom. The summed E-state index contributed by atoms with van der Waals surface area (Å²) in [7, 11) is 0. The second-order valence-corrected chi connectivity index (χ2v) is 7.38. The third-order valence-electron chi connectivity index (χ3n) is 4.99. The van der Waals surface area contributed by atoms with Crippen LogP contribution in [0.15, 0.2) is 51.7 Å². The van der Waals surface area contributed by atoms with E-state index in [1.54, 1.807) is 6.07 Å². The molecule has 0 spiro atoms. The Hall–Kier alpha value is -3.45. The highest BCUT2D eigenvalue weighted by Gasteiger charge is 2.16. The Bertz CT molecular complexity index is 1260. The van der Waals surface area contributed by atoms with Gasteiger partial charge in [0, 0.05) is 29.2 Å². The zero-order valence-corrected chi connectivity index (χ0v) is 16.5. The van der Waals surface area contributed by atoms with Crippen molar-refractivity contribution in [3.8, 4) is 0 Å². The minimum atomic E-state index is -0.643. The molecule has 0 fully saturated rings. The lowest BCUT2D eigenvalue weighted by molar-refractivity contribution is -0.384. The molecule has 152 valence electrons. The third-order valence-corrected chi connectivity index (χ3v) is 5.31. The largest absolute Gasteiger partial charge is 0.458 e. The summed E-state index contributed by atoms with van der Waals surface area (Å²) in [5.41, 5.74) is 3.13. The van der Waals surface area contributed by atoms with Gasteiger partial charge in [-0.3, -0.25) is 10.1 Å². The van der Waals surface area contributed by atoms with E-state index < -0.39 is 16.5 Å². The molecule has 0 radical (unpaired) electrons. The molecule has 0 saturated carbocycles. The number of fused-ring (bicyclic) bond motifs is 2. The first-order chi connectivity index (χ1) is 14.4. The zero-order valence-electron chi connectivity index (χ0n) is 15.7. The number of rotatable bonds is 5. The van der Waals surface area contributed by atoms with Crippen molar-refractivity contribution >= 4 is 40.3 Å². The molecule has 3 aromatic rings. The Labute approximate surface area is 175 Å². The summed E-state index contributed by atoms with van der Waals surface area (Å²) < 4.78 is 10.6. The summed E-state index contributed by atoms with van der Waals surface area (Å²) >= 11 is 5.78. The van der Waals surface area contributed by atoms with Crippen molar-refractivity contribution in [3.63, 3.8) is 0 Å². The molecule has 30 heavy (non-hydrogen) atoms. The van der Waals surface area contributed by atoms with E-state index in [4.69, 9.17) is 20.8 Å². The summed E-state index contributed by atoms with van der Waals surface area (Å²) in [4.78, 5) is 34.4. The van der Waals surface area contributed by atoms with Crippen molar-refractivity contribution in [2.24, 2.45) is 0 Å². The molecule has 8 heteroatoms. The van der Waals surface area contributed by atoms with Crippen molar-refractivity contribution in [1.82, 2.24) is 0 Å². The Balaban J connectivity index is 1.51. The topological polar surface area (TPSA) is 99.6 Å². The molecule has 0 amide bonds. The molecule has 0 unspecified atom stereocenters. The molecular formula is C22H16ClNO6. The first-order valence-corrected chi connectivity index (χ1v) is 9.66. The summed E-state index contributed by atoms with van der Waals surface area (Å²) in [6.45, 7) is -0.0924. The Kier molecular flexibility index (Phi) is 5.37. The molecule has 0 bridgehead atoms. The van der Waals surface area contributed by atoms with E-state index in [0.29, 0.717) is 16.7 Å². The van der Waals surface area contributed by atoms with Crippen LogP contribution in [0.5, 0.6) is 0 Å². The average Bonchev–Trinajstić information content (AvgIpc) is 3.17. The van der Waals surface area contributed by atoms with E-state index in [1.165, 1.54) is 35.4 Å². The smallest absolute Gasteiger partial charge is 0.336 e. The fourth-order valence-corrected chi connectivity index (χ4v) is 3.74. The summed E-state index contributed by atoms with van der Waals surface area (Å²) in [6.07, 6.45) is 5.56. The van der Waals surface area contributed by atoms with Crippen LogP contribution in [0, 0.1) is 10.1 Å². The van der Waals surface area contributed by atoms with E-state index in [-0.39, 0.29) is 17.3 Å². The van der Waals surface area contributed by atoms with Crippen LogP contribution in [0.3, 0.4) is 0 Å². The van der Waals surface area contributed by atoms with Gasteiger partial charge in [-0.2, -0.15) is 0 Å². The number of ether oxygens (including phenoxy) is 1. The van der Waals surface area contributed by atoms with E-state index in [9.17, 15) is 19.7 Å². The molecule has 0 aliphatic heterocycles. The summed E-state index contributed by atoms with van der Waals surface area (Å²) in [5.74, 6) is -0.643. The molecule has 0 saturated heterocycles. The lowest BCUT2D eigenvalue weighted by atomic mass is 10.0. The minimum Gasteiger partial charge on any atom is -0.458 e. The van der Waals surface area contributed by atoms with Gasteiger partial charge in [-0.15, -0.1) is 0 Å². The quantitative estimate of drug-likeness (QED) is 0.195. The Morgan fingerprint density at radius 1 is 1.20 bits per heavy atom. The van der Waals surface area contributed by atoms with Gasteiger partial charge in [0.1, 0.15) is 17.2 Å². The van der Waals surface area contributed by atoms with Gasteiger partial charge in [-0.05, 0) is 60.2 Å². The highest BCUT2D eigenvalue weighted by molar-refractivity contribution is 6.32. The molecule has 2 aromatic carbocycles. The number of halogens is 1. The second-order valence-electron chi connectivity index (χ2n) is 6.97. The van der Waals surface area contributed by atoms with Gasteiger partial charge in [0.15, 0.2) is 0 Å². The van der Waals surface area contributed by atoms with Gasteiger partial charge in [-0.25, -0.2) is 9.59 Å². The molecule has 1 aromatic heterocycles. The number of benzene rings is 2. The Morgan fingerprint density at radius 2 is 1.97 bits per heavy atom. The van der Waals surface area contributed by atoms with Crippen LogP contribution in [-0.4, -0.2) is 10.9 Å². The van der Waals surface area contributed by atoms with Crippen molar-refractivity contribution in [2.75, 3.05) is 0 Å². The van der Waals surface area contributed by atoms with Crippen molar-refractivity contribution in [1.29, 1.82) is 0 Å². The molecule has 0 atom stereocenters. The molecule has 4 rings (SSSR count). The maximum Gasteiger partial charge on any atom is 0.336 e. The van der Waals surface area contributed by atoms with Crippen LogP contribution >= 0.6 is 11.6 Å². The number of nitro benzene ring substituents is 1. The SMILES string of the molecule is O=C(/C=C/c1ccc(Cl)c([N+](=O)[O-])c1)OCc1cc(=O)oc2cc3c(cc12)CCC3. The first-order valence-electron chi connectivity index (χ1n) is 9.28. The van der Waals surface area contributed by atoms with Crippen molar-refractivity contribution in [3.05, 3.63) is 90.3 Å². The number of hydrogen-bond acceptors (Lipinski definition) is 6. The van der Waals surface area contributed by atoms with Crippen LogP contribution in [0.4, 0.5) is 5.69 Å². The number of carbonyl (C=O) groups excluding carboxylic acids is 1. The number of hydrogen-bond donors (Lipinski definition) is 0. The van der Waals surface area contributed by atoms with Gasteiger partial charge >= 0.3 is 11.6 Å². The highest BCUT2D eigenvalue weighted by atomic mass is 35.5.